The maximum absolute atomic E-state index is 13.2. The minimum absolute atomic E-state index is 0.0231. The summed E-state index contributed by atoms with van der Waals surface area (Å²) < 4.78 is 33.0. The summed E-state index contributed by atoms with van der Waals surface area (Å²) in [5.74, 6) is -0.607. The van der Waals surface area contributed by atoms with Gasteiger partial charge in [-0.05, 0) is 43.2 Å². The third-order valence-electron chi connectivity index (χ3n) is 6.92. The number of carbonyl (C=O) groups excluding carboxylic acids is 1. The molecule has 0 saturated carbocycles. The topological polar surface area (TPSA) is 125 Å². The molecule has 2 N–H and O–H groups in total. The molecule has 6 rings (SSSR count). The summed E-state index contributed by atoms with van der Waals surface area (Å²) >= 11 is 0. The highest BCUT2D eigenvalue weighted by atomic mass is 19.3. The van der Waals surface area contributed by atoms with E-state index in [0.717, 1.165) is 16.6 Å². The van der Waals surface area contributed by atoms with E-state index in [1.54, 1.807) is 29.2 Å². The average Bonchev–Trinajstić information content (AvgIpc) is 3.36. The van der Waals surface area contributed by atoms with E-state index in [1.165, 1.54) is 19.1 Å². The van der Waals surface area contributed by atoms with Crippen molar-refractivity contribution in [3.05, 3.63) is 77.1 Å². The number of fused-ring (bicyclic) bond motifs is 9. The Morgan fingerprint density at radius 1 is 1.27 bits per heavy atom. The molecule has 4 aromatic rings. The van der Waals surface area contributed by atoms with Crippen LogP contribution in [0.25, 0.3) is 16.6 Å². The molecule has 2 aliphatic rings. The van der Waals surface area contributed by atoms with Crippen LogP contribution < -0.4 is 10.1 Å². The fourth-order valence-corrected chi connectivity index (χ4v) is 5.26. The summed E-state index contributed by atoms with van der Waals surface area (Å²) in [6.07, 6.45) is 5.26. The van der Waals surface area contributed by atoms with Crippen molar-refractivity contribution in [1.29, 1.82) is 5.26 Å². The predicted molar refractivity (Wildman–Crippen MR) is 126 cm³/mol. The van der Waals surface area contributed by atoms with Crippen LogP contribution >= 0.6 is 0 Å². The quantitative estimate of drug-likeness (QED) is 0.425. The summed E-state index contributed by atoms with van der Waals surface area (Å²) in [5.41, 5.74) is 3.02. The smallest absolute Gasteiger partial charge is 0.387 e. The summed E-state index contributed by atoms with van der Waals surface area (Å²) in [6, 6.07) is 9.90. The van der Waals surface area contributed by atoms with E-state index < -0.39 is 12.2 Å². The Kier molecular flexibility index (Phi) is 5.17. The van der Waals surface area contributed by atoms with Gasteiger partial charge in [-0.1, -0.05) is 6.07 Å². The molecule has 11 heteroatoms. The molecule has 186 valence electrons. The molecule has 2 bridgehead atoms. The first-order chi connectivity index (χ1) is 17.8. The van der Waals surface area contributed by atoms with E-state index >= 15 is 0 Å². The van der Waals surface area contributed by atoms with E-state index in [9.17, 15) is 18.7 Å². The number of nitriles is 1. The predicted octanol–water partition coefficient (Wildman–Crippen LogP) is 3.83. The van der Waals surface area contributed by atoms with Crippen molar-refractivity contribution in [1.82, 2.24) is 24.9 Å². The molecule has 1 aliphatic heterocycles. The number of amides is 1. The minimum Gasteiger partial charge on any atom is -0.434 e. The standard InChI is InChI=1S/C26H20F2N6O3/c1-26(36,6-7-29)24-30-11-14(12-31-24)13-5-8-34-18(9-13)21-16-10-17(22(21)33-34)32-23(35)15-3-2-4-19(20(15)16)37-25(27)28/h2-5,8-9,11-12,16-17,25,36H,6,10H2,1H3,(H,32,35)/t16-,17-,26+/m1/s1. The number of pyridine rings is 1. The van der Waals surface area contributed by atoms with E-state index in [-0.39, 0.29) is 35.9 Å². The molecule has 3 aromatic heterocycles. The van der Waals surface area contributed by atoms with E-state index in [1.807, 2.05) is 18.2 Å². The fourth-order valence-electron chi connectivity index (χ4n) is 5.26. The lowest BCUT2D eigenvalue weighted by Gasteiger charge is -2.19. The zero-order chi connectivity index (χ0) is 25.9. The number of hydrogen-bond acceptors (Lipinski definition) is 7. The van der Waals surface area contributed by atoms with Crippen molar-refractivity contribution in [3.63, 3.8) is 0 Å². The number of aromatic nitrogens is 4. The molecule has 1 amide bonds. The van der Waals surface area contributed by atoms with Gasteiger partial charge in [-0.25, -0.2) is 14.5 Å². The molecule has 9 nitrogen and oxygen atoms in total. The highest BCUT2D eigenvalue weighted by molar-refractivity contribution is 5.98. The van der Waals surface area contributed by atoms with Crippen LogP contribution in [0.5, 0.6) is 5.75 Å². The van der Waals surface area contributed by atoms with Crippen LogP contribution in [0.1, 0.15) is 64.7 Å². The number of rotatable bonds is 5. The third kappa shape index (κ3) is 3.68. The van der Waals surface area contributed by atoms with Gasteiger partial charge in [-0.2, -0.15) is 19.1 Å². The van der Waals surface area contributed by atoms with Crippen LogP contribution in [0.2, 0.25) is 0 Å². The summed E-state index contributed by atoms with van der Waals surface area (Å²) in [4.78, 5) is 21.4. The van der Waals surface area contributed by atoms with Gasteiger partial charge in [0.15, 0.2) is 5.82 Å². The van der Waals surface area contributed by atoms with Crippen molar-refractivity contribution >= 4 is 11.4 Å². The van der Waals surface area contributed by atoms with Gasteiger partial charge >= 0.3 is 6.61 Å². The van der Waals surface area contributed by atoms with Crippen LogP contribution in [0, 0.1) is 11.3 Å². The summed E-state index contributed by atoms with van der Waals surface area (Å²) in [7, 11) is 0. The molecular formula is C26H20F2N6O3. The van der Waals surface area contributed by atoms with Gasteiger partial charge in [-0.3, -0.25) is 4.79 Å². The Labute approximate surface area is 209 Å². The van der Waals surface area contributed by atoms with Crippen LogP contribution in [0.15, 0.2) is 48.9 Å². The molecule has 0 unspecified atom stereocenters. The Balaban J connectivity index is 1.46. The van der Waals surface area contributed by atoms with Gasteiger partial charge in [0.05, 0.1) is 29.7 Å². The number of halogens is 2. The molecule has 1 aliphatic carbocycles. The Bertz CT molecular complexity index is 1590. The van der Waals surface area contributed by atoms with Crippen molar-refractivity contribution in [2.24, 2.45) is 0 Å². The SMILES string of the molecule is C[C@](O)(CC#N)c1ncc(-c2ccn3nc4c(c3c2)[C@@H]2C[C@H]4NC(=O)c3cccc(OC(F)F)c32)cn1. The Morgan fingerprint density at radius 3 is 2.78 bits per heavy atom. The molecule has 0 spiro atoms. The largest absolute Gasteiger partial charge is 0.434 e. The summed E-state index contributed by atoms with van der Waals surface area (Å²) in [6.45, 7) is -1.54. The number of ether oxygens (including phenoxy) is 1. The maximum Gasteiger partial charge on any atom is 0.387 e. The monoisotopic (exact) mass is 502 g/mol. The van der Waals surface area contributed by atoms with Gasteiger partial charge in [0.1, 0.15) is 11.4 Å². The van der Waals surface area contributed by atoms with Crippen LogP contribution in [-0.4, -0.2) is 37.2 Å². The lowest BCUT2D eigenvalue weighted by atomic mass is 9.88. The minimum atomic E-state index is -3.03. The number of benzene rings is 1. The lowest BCUT2D eigenvalue weighted by molar-refractivity contribution is -0.0505. The molecule has 0 radical (unpaired) electrons. The number of carbonyl (C=O) groups is 1. The van der Waals surface area contributed by atoms with E-state index in [2.05, 4.69) is 15.3 Å². The van der Waals surface area contributed by atoms with Gasteiger partial charge in [-0.15, -0.1) is 0 Å². The molecule has 37 heavy (non-hydrogen) atoms. The normalized spacial score (nSPS) is 19.5. The van der Waals surface area contributed by atoms with Crippen LogP contribution in [0.3, 0.4) is 0 Å². The third-order valence-corrected chi connectivity index (χ3v) is 6.92. The zero-order valence-corrected chi connectivity index (χ0v) is 19.5. The van der Waals surface area contributed by atoms with E-state index in [4.69, 9.17) is 15.1 Å². The highest BCUT2D eigenvalue weighted by Gasteiger charge is 2.43. The number of nitrogens with one attached hydrogen (secondary N) is 1. The van der Waals surface area contributed by atoms with Crippen LogP contribution in [-0.2, 0) is 5.60 Å². The molecule has 0 fully saturated rings. The lowest BCUT2D eigenvalue weighted by Crippen LogP contribution is -2.27. The first kappa shape index (κ1) is 23.0. The van der Waals surface area contributed by atoms with Gasteiger partial charge in [0, 0.05) is 46.8 Å². The van der Waals surface area contributed by atoms with Crippen molar-refractivity contribution in [2.45, 2.75) is 43.9 Å². The molecular weight excluding hydrogens is 482 g/mol. The highest BCUT2D eigenvalue weighted by Crippen LogP contribution is 2.51. The summed E-state index contributed by atoms with van der Waals surface area (Å²) in [5, 5.41) is 27.0. The van der Waals surface area contributed by atoms with Gasteiger partial charge in [0.25, 0.3) is 5.91 Å². The zero-order valence-electron chi connectivity index (χ0n) is 19.5. The molecule has 4 heterocycles. The second kappa shape index (κ2) is 8.31. The molecule has 3 atom stereocenters. The van der Waals surface area contributed by atoms with Gasteiger partial charge < -0.3 is 15.2 Å². The second-order valence-corrected chi connectivity index (χ2v) is 9.36. The number of aliphatic hydroxyl groups is 1. The first-order valence-corrected chi connectivity index (χ1v) is 11.6. The number of hydrogen-bond donors (Lipinski definition) is 2. The van der Waals surface area contributed by atoms with Crippen molar-refractivity contribution < 1.29 is 23.4 Å². The maximum atomic E-state index is 13.2. The van der Waals surface area contributed by atoms with Gasteiger partial charge in [0.2, 0.25) is 0 Å². The van der Waals surface area contributed by atoms with Crippen molar-refractivity contribution in [2.75, 3.05) is 0 Å². The first-order valence-electron chi connectivity index (χ1n) is 11.6. The van der Waals surface area contributed by atoms with Crippen LogP contribution in [0.4, 0.5) is 8.78 Å². The van der Waals surface area contributed by atoms with E-state index in [0.29, 0.717) is 28.8 Å². The number of nitrogens with zero attached hydrogens (tertiary/aromatic N) is 5. The second-order valence-electron chi connectivity index (χ2n) is 9.36. The molecule has 0 saturated heterocycles. The fraction of sp³-hybridized carbons (Fsp3) is 0.269. The Hall–Kier alpha value is -4.43. The van der Waals surface area contributed by atoms with Crippen molar-refractivity contribution in [3.8, 4) is 22.9 Å². The molecule has 1 aromatic carbocycles. The number of alkyl halides is 2. The Morgan fingerprint density at radius 2 is 2.05 bits per heavy atom. The average molecular weight is 502 g/mol.